The molecule has 0 saturated heterocycles. The monoisotopic (exact) mass is 186 g/mol. The molecular formula is C12H14N2. The highest BCUT2D eigenvalue weighted by Gasteiger charge is 1.95. The van der Waals surface area contributed by atoms with E-state index in [1.165, 1.54) is 11.6 Å². The standard InChI is InChI=1S/C12H14N2/c1-11(6-5-9-13)14-10-12-7-3-2-4-8-12/h2-8,11,14H,10H2,1H3/b6-5-/t11-/m1/s1. The van der Waals surface area contributed by atoms with Gasteiger partial charge in [0.15, 0.2) is 0 Å². The van der Waals surface area contributed by atoms with E-state index in [1.807, 2.05) is 37.3 Å². The SMILES string of the molecule is C[C@H](/C=C\C#N)NCc1ccccc1. The van der Waals surface area contributed by atoms with Crippen molar-refractivity contribution < 1.29 is 0 Å². The highest BCUT2D eigenvalue weighted by Crippen LogP contribution is 1.98. The van der Waals surface area contributed by atoms with Crippen LogP contribution in [0.2, 0.25) is 0 Å². The Morgan fingerprint density at radius 3 is 2.79 bits per heavy atom. The van der Waals surface area contributed by atoms with Crippen LogP contribution in [0.25, 0.3) is 0 Å². The van der Waals surface area contributed by atoms with Crippen LogP contribution in [0.4, 0.5) is 0 Å². The van der Waals surface area contributed by atoms with E-state index in [0.717, 1.165) is 6.54 Å². The van der Waals surface area contributed by atoms with E-state index in [1.54, 1.807) is 0 Å². The molecular weight excluding hydrogens is 172 g/mol. The van der Waals surface area contributed by atoms with Gasteiger partial charge < -0.3 is 5.32 Å². The number of nitriles is 1. The van der Waals surface area contributed by atoms with Gasteiger partial charge in [0.05, 0.1) is 6.07 Å². The lowest BCUT2D eigenvalue weighted by Gasteiger charge is -2.08. The molecule has 0 bridgehead atoms. The molecule has 0 radical (unpaired) electrons. The van der Waals surface area contributed by atoms with Crippen molar-refractivity contribution in [3.63, 3.8) is 0 Å². The van der Waals surface area contributed by atoms with Gasteiger partial charge in [-0.1, -0.05) is 36.4 Å². The maximum Gasteiger partial charge on any atom is 0.0909 e. The third-order valence-electron chi connectivity index (χ3n) is 1.93. The second-order valence-electron chi connectivity index (χ2n) is 3.14. The zero-order chi connectivity index (χ0) is 10.2. The van der Waals surface area contributed by atoms with E-state index in [0.29, 0.717) is 0 Å². The van der Waals surface area contributed by atoms with Crippen LogP contribution in [0.15, 0.2) is 42.5 Å². The molecule has 0 aromatic heterocycles. The second kappa shape index (κ2) is 5.95. The summed E-state index contributed by atoms with van der Waals surface area (Å²) in [6.07, 6.45) is 3.35. The fourth-order valence-electron chi connectivity index (χ4n) is 1.13. The normalized spacial score (nSPS) is 12.6. The van der Waals surface area contributed by atoms with Crippen molar-refractivity contribution in [3.05, 3.63) is 48.0 Å². The van der Waals surface area contributed by atoms with Crippen molar-refractivity contribution in [1.29, 1.82) is 5.26 Å². The third-order valence-corrected chi connectivity index (χ3v) is 1.93. The first-order valence-corrected chi connectivity index (χ1v) is 4.66. The molecule has 0 amide bonds. The first-order chi connectivity index (χ1) is 6.83. The van der Waals surface area contributed by atoms with E-state index < -0.39 is 0 Å². The van der Waals surface area contributed by atoms with Crippen molar-refractivity contribution in [2.24, 2.45) is 0 Å². The van der Waals surface area contributed by atoms with Crippen molar-refractivity contribution in [1.82, 2.24) is 5.32 Å². The number of benzene rings is 1. The molecule has 1 atom stereocenters. The molecule has 2 nitrogen and oxygen atoms in total. The lowest BCUT2D eigenvalue weighted by molar-refractivity contribution is 0.633. The summed E-state index contributed by atoms with van der Waals surface area (Å²) in [5.74, 6) is 0. The van der Waals surface area contributed by atoms with Crippen LogP contribution >= 0.6 is 0 Å². The summed E-state index contributed by atoms with van der Waals surface area (Å²) in [4.78, 5) is 0. The largest absolute Gasteiger partial charge is 0.307 e. The maximum absolute atomic E-state index is 8.34. The molecule has 1 aromatic rings. The molecule has 0 aliphatic carbocycles. The molecule has 0 fully saturated rings. The maximum atomic E-state index is 8.34. The summed E-state index contributed by atoms with van der Waals surface area (Å²) in [7, 11) is 0. The number of allylic oxidation sites excluding steroid dienone is 1. The van der Waals surface area contributed by atoms with Gasteiger partial charge in [0.25, 0.3) is 0 Å². The highest BCUT2D eigenvalue weighted by atomic mass is 14.9. The third kappa shape index (κ3) is 3.88. The van der Waals surface area contributed by atoms with Crippen LogP contribution in [-0.4, -0.2) is 6.04 Å². The summed E-state index contributed by atoms with van der Waals surface area (Å²) in [6, 6.07) is 12.4. The average molecular weight is 186 g/mol. The van der Waals surface area contributed by atoms with Crippen LogP contribution in [0.5, 0.6) is 0 Å². The van der Waals surface area contributed by atoms with Gasteiger partial charge in [0, 0.05) is 18.7 Å². The van der Waals surface area contributed by atoms with E-state index >= 15 is 0 Å². The van der Waals surface area contributed by atoms with Crippen molar-refractivity contribution in [2.45, 2.75) is 19.5 Å². The number of rotatable bonds is 4. The minimum absolute atomic E-state index is 0.231. The van der Waals surface area contributed by atoms with Gasteiger partial charge >= 0.3 is 0 Å². The van der Waals surface area contributed by atoms with E-state index in [4.69, 9.17) is 5.26 Å². The number of hydrogen-bond acceptors (Lipinski definition) is 2. The fourth-order valence-corrected chi connectivity index (χ4v) is 1.13. The van der Waals surface area contributed by atoms with Crippen molar-refractivity contribution in [2.75, 3.05) is 0 Å². The van der Waals surface area contributed by atoms with Crippen LogP contribution in [0, 0.1) is 11.3 Å². The molecule has 1 N–H and O–H groups in total. The lowest BCUT2D eigenvalue weighted by atomic mass is 10.2. The predicted molar refractivity (Wildman–Crippen MR) is 57.5 cm³/mol. The summed E-state index contributed by atoms with van der Waals surface area (Å²) in [5, 5.41) is 11.6. The highest BCUT2D eigenvalue weighted by molar-refractivity contribution is 5.14. The molecule has 1 rings (SSSR count). The number of hydrogen-bond donors (Lipinski definition) is 1. The predicted octanol–water partition coefficient (Wildman–Crippen LogP) is 2.24. The molecule has 2 heteroatoms. The van der Waals surface area contributed by atoms with Gasteiger partial charge in [0.1, 0.15) is 0 Å². The molecule has 0 aliphatic rings. The molecule has 14 heavy (non-hydrogen) atoms. The minimum atomic E-state index is 0.231. The second-order valence-corrected chi connectivity index (χ2v) is 3.14. The van der Waals surface area contributed by atoms with Crippen LogP contribution < -0.4 is 5.32 Å². The van der Waals surface area contributed by atoms with E-state index in [-0.39, 0.29) is 6.04 Å². The van der Waals surface area contributed by atoms with Crippen LogP contribution in [0.1, 0.15) is 12.5 Å². The Hall–Kier alpha value is -1.59. The Bertz CT molecular complexity index is 322. The smallest absolute Gasteiger partial charge is 0.0909 e. The zero-order valence-corrected chi connectivity index (χ0v) is 8.27. The number of nitrogens with one attached hydrogen (secondary N) is 1. The van der Waals surface area contributed by atoms with Gasteiger partial charge in [-0.3, -0.25) is 0 Å². The molecule has 0 saturated carbocycles. The fraction of sp³-hybridized carbons (Fsp3) is 0.250. The minimum Gasteiger partial charge on any atom is -0.307 e. The Kier molecular flexibility index (Phi) is 4.46. The van der Waals surface area contributed by atoms with Crippen molar-refractivity contribution in [3.8, 4) is 6.07 Å². The summed E-state index contributed by atoms with van der Waals surface area (Å²) in [5.41, 5.74) is 1.25. The molecule has 0 spiro atoms. The topological polar surface area (TPSA) is 35.8 Å². The van der Waals surface area contributed by atoms with Crippen LogP contribution in [-0.2, 0) is 6.54 Å². The Morgan fingerprint density at radius 2 is 2.14 bits per heavy atom. The van der Waals surface area contributed by atoms with Gasteiger partial charge in [-0.2, -0.15) is 5.26 Å². The van der Waals surface area contributed by atoms with E-state index in [2.05, 4.69) is 17.4 Å². The Labute approximate surface area is 84.9 Å². The molecule has 1 aromatic carbocycles. The quantitative estimate of drug-likeness (QED) is 0.732. The molecule has 0 aliphatic heterocycles. The average Bonchev–Trinajstić information content (AvgIpc) is 2.25. The zero-order valence-electron chi connectivity index (χ0n) is 8.27. The number of nitrogens with zero attached hydrogens (tertiary/aromatic N) is 1. The van der Waals surface area contributed by atoms with Gasteiger partial charge in [0.2, 0.25) is 0 Å². The molecule has 72 valence electrons. The Balaban J connectivity index is 2.35. The summed E-state index contributed by atoms with van der Waals surface area (Å²) < 4.78 is 0. The van der Waals surface area contributed by atoms with Gasteiger partial charge in [-0.15, -0.1) is 0 Å². The summed E-state index contributed by atoms with van der Waals surface area (Å²) in [6.45, 7) is 2.86. The Morgan fingerprint density at radius 1 is 1.43 bits per heavy atom. The molecule has 0 heterocycles. The van der Waals surface area contributed by atoms with Crippen LogP contribution in [0.3, 0.4) is 0 Å². The van der Waals surface area contributed by atoms with Gasteiger partial charge in [-0.05, 0) is 12.5 Å². The first kappa shape index (κ1) is 10.5. The lowest BCUT2D eigenvalue weighted by Crippen LogP contribution is -2.23. The van der Waals surface area contributed by atoms with Crippen molar-refractivity contribution >= 4 is 0 Å². The summed E-state index contributed by atoms with van der Waals surface area (Å²) >= 11 is 0. The van der Waals surface area contributed by atoms with Gasteiger partial charge in [-0.25, -0.2) is 0 Å². The molecule has 0 unspecified atom stereocenters. The first-order valence-electron chi connectivity index (χ1n) is 4.66. The van der Waals surface area contributed by atoms with E-state index in [9.17, 15) is 0 Å².